The minimum absolute atomic E-state index is 0. The first kappa shape index (κ1) is 18.7. The van der Waals surface area contributed by atoms with Crippen molar-refractivity contribution in [1.29, 1.82) is 0 Å². The quantitative estimate of drug-likeness (QED) is 0.801. The molecular weight excluding hydrogens is 345 g/mol. The van der Waals surface area contributed by atoms with Gasteiger partial charge < -0.3 is 10.5 Å². The number of anilines is 1. The molecule has 0 aliphatic heterocycles. The Hall–Kier alpha value is -1.34. The summed E-state index contributed by atoms with van der Waals surface area (Å²) < 4.78 is 4.74. The van der Waals surface area contributed by atoms with Crippen LogP contribution in [0.25, 0.3) is 0 Å². The van der Waals surface area contributed by atoms with Gasteiger partial charge in [-0.15, -0.1) is 23.7 Å². The molecule has 120 valence electrons. The van der Waals surface area contributed by atoms with Crippen LogP contribution in [-0.4, -0.2) is 29.5 Å². The van der Waals surface area contributed by atoms with Crippen molar-refractivity contribution in [3.63, 3.8) is 0 Å². The molecule has 0 amide bonds. The third-order valence-electron chi connectivity index (χ3n) is 2.85. The van der Waals surface area contributed by atoms with Gasteiger partial charge in [0.25, 0.3) is 0 Å². The molecule has 0 bridgehead atoms. The van der Waals surface area contributed by atoms with Crippen LogP contribution in [0.2, 0.25) is 5.02 Å². The van der Waals surface area contributed by atoms with Gasteiger partial charge >= 0.3 is 5.97 Å². The molecule has 1 aromatic heterocycles. The van der Waals surface area contributed by atoms with E-state index >= 15 is 0 Å². The Labute approximate surface area is 144 Å². The number of ether oxygens (including phenoxy) is 1. The summed E-state index contributed by atoms with van der Waals surface area (Å²) in [7, 11) is 1.38. The lowest BCUT2D eigenvalue weighted by Crippen LogP contribution is -2.29. The van der Waals surface area contributed by atoms with Crippen LogP contribution in [0.15, 0.2) is 30.5 Å². The van der Waals surface area contributed by atoms with E-state index in [0.717, 1.165) is 10.4 Å². The zero-order valence-corrected chi connectivity index (χ0v) is 14.4. The monoisotopic (exact) mass is 361 g/mol. The standard InChI is InChI=1S/C14H16ClN3O2S.ClH/c1-20-13(19)9-18(8-12-6-17-14(16)21-12)7-10-2-4-11(15)5-3-10;/h2-6H,7-9H2,1H3,(H2,16,17);1H. The van der Waals surface area contributed by atoms with Gasteiger partial charge in [0.1, 0.15) is 0 Å². The minimum Gasteiger partial charge on any atom is -0.468 e. The number of aromatic nitrogens is 1. The van der Waals surface area contributed by atoms with Crippen LogP contribution < -0.4 is 5.73 Å². The largest absolute Gasteiger partial charge is 0.468 e. The predicted molar refractivity (Wildman–Crippen MR) is 91.4 cm³/mol. The molecule has 5 nitrogen and oxygen atoms in total. The highest BCUT2D eigenvalue weighted by Gasteiger charge is 2.13. The number of hydrogen-bond donors (Lipinski definition) is 1. The van der Waals surface area contributed by atoms with Crippen LogP contribution >= 0.6 is 35.3 Å². The Bertz CT molecular complexity index is 604. The number of benzene rings is 1. The minimum atomic E-state index is -0.276. The molecular formula is C14H17Cl2N3O2S. The van der Waals surface area contributed by atoms with Crippen LogP contribution in [0.3, 0.4) is 0 Å². The van der Waals surface area contributed by atoms with Gasteiger partial charge in [0.05, 0.1) is 13.7 Å². The SMILES string of the molecule is COC(=O)CN(Cc1ccc(Cl)cc1)Cc1cnc(N)s1.Cl. The van der Waals surface area contributed by atoms with Gasteiger partial charge in [-0.2, -0.15) is 0 Å². The molecule has 22 heavy (non-hydrogen) atoms. The summed E-state index contributed by atoms with van der Waals surface area (Å²) in [5.74, 6) is -0.276. The van der Waals surface area contributed by atoms with Crippen molar-refractivity contribution in [3.8, 4) is 0 Å². The van der Waals surface area contributed by atoms with E-state index in [1.807, 2.05) is 29.2 Å². The van der Waals surface area contributed by atoms with E-state index in [-0.39, 0.29) is 24.9 Å². The van der Waals surface area contributed by atoms with Crippen LogP contribution in [0, 0.1) is 0 Å². The van der Waals surface area contributed by atoms with Gasteiger partial charge in [0.2, 0.25) is 0 Å². The van der Waals surface area contributed by atoms with Gasteiger partial charge in [0.15, 0.2) is 5.13 Å². The molecule has 0 radical (unpaired) electrons. The van der Waals surface area contributed by atoms with Crippen molar-refractivity contribution in [2.24, 2.45) is 0 Å². The van der Waals surface area contributed by atoms with Gasteiger partial charge in [-0.05, 0) is 17.7 Å². The smallest absolute Gasteiger partial charge is 0.319 e. The topological polar surface area (TPSA) is 68.5 Å². The summed E-state index contributed by atoms with van der Waals surface area (Å²) in [5, 5.41) is 1.21. The van der Waals surface area contributed by atoms with Crippen molar-refractivity contribution in [2.45, 2.75) is 13.1 Å². The second-order valence-corrected chi connectivity index (χ2v) is 6.10. The second-order valence-electron chi connectivity index (χ2n) is 4.51. The summed E-state index contributed by atoms with van der Waals surface area (Å²) in [6.45, 7) is 1.41. The Kier molecular flexibility index (Phi) is 7.61. The number of carbonyl (C=O) groups is 1. The first-order valence-electron chi connectivity index (χ1n) is 6.30. The number of carbonyl (C=O) groups excluding carboxylic acids is 1. The van der Waals surface area contributed by atoms with Crippen molar-refractivity contribution in [2.75, 3.05) is 19.4 Å². The molecule has 2 aromatic rings. The number of halogens is 2. The van der Waals surface area contributed by atoms with Crippen LogP contribution in [-0.2, 0) is 22.6 Å². The van der Waals surface area contributed by atoms with E-state index in [4.69, 9.17) is 22.1 Å². The van der Waals surface area contributed by atoms with Crippen LogP contribution in [0.4, 0.5) is 5.13 Å². The predicted octanol–water partition coefficient (Wildman–Crippen LogP) is 2.98. The molecule has 0 aliphatic carbocycles. The second kappa shape index (κ2) is 8.95. The highest BCUT2D eigenvalue weighted by atomic mass is 35.5. The average molecular weight is 362 g/mol. The summed E-state index contributed by atoms with van der Waals surface area (Å²) in [5.41, 5.74) is 6.70. The lowest BCUT2D eigenvalue weighted by Gasteiger charge is -2.20. The first-order valence-corrected chi connectivity index (χ1v) is 7.50. The van der Waals surface area contributed by atoms with Crippen LogP contribution in [0.5, 0.6) is 0 Å². The van der Waals surface area contributed by atoms with Crippen LogP contribution in [0.1, 0.15) is 10.4 Å². The molecule has 8 heteroatoms. The van der Waals surface area contributed by atoms with Gasteiger partial charge in [-0.3, -0.25) is 9.69 Å². The molecule has 1 aromatic carbocycles. The Morgan fingerprint density at radius 1 is 1.36 bits per heavy atom. The number of nitrogens with two attached hydrogens (primary N) is 1. The summed E-state index contributed by atoms with van der Waals surface area (Å²) in [6.07, 6.45) is 1.73. The molecule has 0 saturated carbocycles. The fourth-order valence-corrected chi connectivity index (χ4v) is 2.73. The number of nitrogen functional groups attached to an aromatic ring is 1. The molecule has 0 saturated heterocycles. The maximum absolute atomic E-state index is 11.5. The molecule has 0 aliphatic rings. The molecule has 2 rings (SSSR count). The maximum atomic E-state index is 11.5. The van der Waals surface area contributed by atoms with E-state index in [9.17, 15) is 4.79 Å². The fourth-order valence-electron chi connectivity index (χ4n) is 1.88. The number of thiazole rings is 1. The fraction of sp³-hybridized carbons (Fsp3) is 0.286. The number of hydrogen-bond acceptors (Lipinski definition) is 6. The highest BCUT2D eigenvalue weighted by molar-refractivity contribution is 7.15. The number of methoxy groups -OCH3 is 1. The molecule has 0 spiro atoms. The average Bonchev–Trinajstić information content (AvgIpc) is 2.86. The third kappa shape index (κ3) is 5.81. The third-order valence-corrected chi connectivity index (χ3v) is 3.91. The Balaban J connectivity index is 0.00000242. The van der Waals surface area contributed by atoms with Gasteiger partial charge in [-0.25, -0.2) is 4.98 Å². The molecule has 1 heterocycles. The molecule has 0 unspecified atom stereocenters. The summed E-state index contributed by atoms with van der Waals surface area (Å²) in [6, 6.07) is 7.54. The molecule has 0 atom stereocenters. The normalized spacial score (nSPS) is 10.3. The van der Waals surface area contributed by atoms with E-state index < -0.39 is 0 Å². The van der Waals surface area contributed by atoms with Crippen molar-refractivity contribution >= 4 is 46.4 Å². The van der Waals surface area contributed by atoms with Crippen molar-refractivity contribution < 1.29 is 9.53 Å². The Morgan fingerprint density at radius 2 is 2.05 bits per heavy atom. The zero-order valence-electron chi connectivity index (χ0n) is 12.0. The lowest BCUT2D eigenvalue weighted by atomic mass is 10.2. The van der Waals surface area contributed by atoms with Gasteiger partial charge in [-0.1, -0.05) is 23.7 Å². The van der Waals surface area contributed by atoms with E-state index in [1.54, 1.807) is 6.20 Å². The van der Waals surface area contributed by atoms with Crippen molar-refractivity contribution in [3.05, 3.63) is 45.9 Å². The number of esters is 1. The number of nitrogens with zero attached hydrogens (tertiary/aromatic N) is 2. The maximum Gasteiger partial charge on any atom is 0.319 e. The lowest BCUT2D eigenvalue weighted by molar-refractivity contribution is -0.142. The van der Waals surface area contributed by atoms with Gasteiger partial charge in [0, 0.05) is 29.2 Å². The summed E-state index contributed by atoms with van der Waals surface area (Å²) >= 11 is 7.29. The highest BCUT2D eigenvalue weighted by Crippen LogP contribution is 2.18. The van der Waals surface area contributed by atoms with Crippen molar-refractivity contribution in [1.82, 2.24) is 9.88 Å². The summed E-state index contributed by atoms with van der Waals surface area (Å²) in [4.78, 5) is 18.5. The van der Waals surface area contributed by atoms with E-state index in [1.165, 1.54) is 18.4 Å². The Morgan fingerprint density at radius 3 is 2.59 bits per heavy atom. The molecule has 0 fully saturated rings. The zero-order chi connectivity index (χ0) is 15.2. The first-order chi connectivity index (χ1) is 10.1. The van der Waals surface area contributed by atoms with E-state index in [0.29, 0.717) is 23.2 Å². The van der Waals surface area contributed by atoms with E-state index in [2.05, 4.69) is 4.98 Å². The molecule has 2 N–H and O–H groups in total. The number of rotatable bonds is 6.